The van der Waals surface area contributed by atoms with Gasteiger partial charge in [-0.1, -0.05) is 23.7 Å². The number of carboxylic acids is 1. The van der Waals surface area contributed by atoms with Crippen molar-refractivity contribution in [2.75, 3.05) is 14.1 Å². The van der Waals surface area contributed by atoms with Gasteiger partial charge >= 0.3 is 5.97 Å². The second-order valence-corrected chi connectivity index (χ2v) is 6.75. The molecule has 6 heteroatoms. The number of likely N-dealkylation sites (N-methyl/N-ethyl adjacent to an activating group) is 1. The Hall–Kier alpha value is -1.59. The molecule has 1 atom stereocenters. The average Bonchev–Trinajstić information content (AvgIpc) is 2.47. The monoisotopic (exact) mass is 338 g/mol. The van der Waals surface area contributed by atoms with Gasteiger partial charge in [0.25, 0.3) is 0 Å². The molecule has 0 bridgehead atoms. The summed E-state index contributed by atoms with van der Waals surface area (Å²) in [6, 6.07) is 6.93. The summed E-state index contributed by atoms with van der Waals surface area (Å²) in [5.74, 6) is -1.09. The molecule has 2 N–H and O–H groups in total. The highest BCUT2D eigenvalue weighted by molar-refractivity contribution is 6.30. The van der Waals surface area contributed by atoms with E-state index in [9.17, 15) is 9.59 Å². The lowest BCUT2D eigenvalue weighted by Crippen LogP contribution is -2.44. The molecular formula is C17H23ClN2O3. The summed E-state index contributed by atoms with van der Waals surface area (Å²) in [5, 5.41) is 12.7. The maximum atomic E-state index is 12.7. The van der Waals surface area contributed by atoms with Crippen LogP contribution in [-0.4, -0.2) is 42.0 Å². The third-order valence-electron chi connectivity index (χ3n) is 4.35. The SMILES string of the molecule is CN(C)C(C(=O)NC1CCC(C(=O)O)CC1)c1cccc(Cl)c1. The Labute approximate surface area is 141 Å². The van der Waals surface area contributed by atoms with Crippen LogP contribution in [-0.2, 0) is 9.59 Å². The summed E-state index contributed by atoms with van der Waals surface area (Å²) in [7, 11) is 3.71. The van der Waals surface area contributed by atoms with Crippen LogP contribution >= 0.6 is 11.6 Å². The number of rotatable bonds is 5. The Morgan fingerprint density at radius 1 is 1.26 bits per heavy atom. The van der Waals surface area contributed by atoms with Crippen molar-refractivity contribution in [1.29, 1.82) is 0 Å². The Balaban J connectivity index is 2.01. The molecule has 1 saturated carbocycles. The fourth-order valence-electron chi connectivity index (χ4n) is 3.13. The van der Waals surface area contributed by atoms with Gasteiger partial charge in [-0.3, -0.25) is 14.5 Å². The number of hydrogen-bond donors (Lipinski definition) is 2. The van der Waals surface area contributed by atoms with E-state index in [-0.39, 0.29) is 17.9 Å². The molecule has 5 nitrogen and oxygen atoms in total. The van der Waals surface area contributed by atoms with E-state index >= 15 is 0 Å². The molecule has 1 amide bonds. The zero-order chi connectivity index (χ0) is 17.0. The number of halogens is 1. The first kappa shape index (κ1) is 17.8. The highest BCUT2D eigenvalue weighted by Crippen LogP contribution is 2.26. The number of aliphatic carboxylic acids is 1. The lowest BCUT2D eigenvalue weighted by molar-refractivity contribution is -0.142. The Kier molecular flexibility index (Phi) is 6.02. The maximum absolute atomic E-state index is 12.7. The molecule has 2 rings (SSSR count). The van der Waals surface area contributed by atoms with Crippen LogP contribution in [0.2, 0.25) is 5.02 Å². The molecule has 0 radical (unpaired) electrons. The van der Waals surface area contributed by atoms with Gasteiger partial charge in [0.05, 0.1) is 5.92 Å². The smallest absolute Gasteiger partial charge is 0.306 e. The summed E-state index contributed by atoms with van der Waals surface area (Å²) in [6.07, 6.45) is 2.64. The third-order valence-corrected chi connectivity index (χ3v) is 4.59. The van der Waals surface area contributed by atoms with Crippen LogP contribution in [0, 0.1) is 5.92 Å². The molecule has 0 saturated heterocycles. The van der Waals surface area contributed by atoms with Gasteiger partial charge < -0.3 is 10.4 Å². The van der Waals surface area contributed by atoms with E-state index in [0.29, 0.717) is 30.7 Å². The number of carbonyl (C=O) groups excluding carboxylic acids is 1. The van der Waals surface area contributed by atoms with Crippen LogP contribution in [0.5, 0.6) is 0 Å². The van der Waals surface area contributed by atoms with Gasteiger partial charge in [0.15, 0.2) is 0 Å². The van der Waals surface area contributed by atoms with E-state index < -0.39 is 12.0 Å². The molecule has 1 unspecified atom stereocenters. The molecule has 0 aliphatic heterocycles. The van der Waals surface area contributed by atoms with Gasteiger partial charge in [0.2, 0.25) is 5.91 Å². The minimum absolute atomic E-state index is 0.0414. The summed E-state index contributed by atoms with van der Waals surface area (Å²) in [4.78, 5) is 25.5. The summed E-state index contributed by atoms with van der Waals surface area (Å²) >= 11 is 6.03. The van der Waals surface area contributed by atoms with Gasteiger partial charge in [-0.25, -0.2) is 0 Å². The van der Waals surface area contributed by atoms with E-state index in [1.807, 2.05) is 31.1 Å². The van der Waals surface area contributed by atoms with E-state index in [0.717, 1.165) is 5.56 Å². The average molecular weight is 339 g/mol. The molecule has 0 spiro atoms. The minimum atomic E-state index is -0.736. The van der Waals surface area contributed by atoms with Crippen LogP contribution in [0.15, 0.2) is 24.3 Å². The standard InChI is InChI=1S/C17H23ClN2O3/c1-20(2)15(12-4-3-5-13(18)10-12)16(21)19-14-8-6-11(7-9-14)17(22)23/h3-5,10-11,14-15H,6-9H2,1-2H3,(H,19,21)(H,22,23). The number of hydrogen-bond acceptors (Lipinski definition) is 3. The topological polar surface area (TPSA) is 69.6 Å². The quantitative estimate of drug-likeness (QED) is 0.866. The van der Waals surface area contributed by atoms with E-state index in [2.05, 4.69) is 5.32 Å². The molecule has 126 valence electrons. The molecule has 1 aromatic carbocycles. The first-order valence-corrected chi connectivity index (χ1v) is 8.21. The van der Waals surface area contributed by atoms with Crippen molar-refractivity contribution in [3.63, 3.8) is 0 Å². The number of nitrogens with one attached hydrogen (secondary N) is 1. The van der Waals surface area contributed by atoms with Gasteiger partial charge in [-0.2, -0.15) is 0 Å². The Morgan fingerprint density at radius 2 is 1.91 bits per heavy atom. The fourth-order valence-corrected chi connectivity index (χ4v) is 3.32. The van der Waals surface area contributed by atoms with Crippen LogP contribution < -0.4 is 5.32 Å². The highest BCUT2D eigenvalue weighted by atomic mass is 35.5. The fraction of sp³-hybridized carbons (Fsp3) is 0.529. The number of carbonyl (C=O) groups is 2. The predicted molar refractivity (Wildman–Crippen MR) is 89.4 cm³/mol. The number of nitrogens with zero attached hydrogens (tertiary/aromatic N) is 1. The molecule has 0 aromatic heterocycles. The molecule has 1 aliphatic rings. The highest BCUT2D eigenvalue weighted by Gasteiger charge is 2.29. The maximum Gasteiger partial charge on any atom is 0.306 e. The molecular weight excluding hydrogens is 316 g/mol. The van der Waals surface area contributed by atoms with Gasteiger partial charge in [0, 0.05) is 11.1 Å². The number of carboxylic acid groups (broad SMARTS) is 1. The van der Waals surface area contributed by atoms with Crippen molar-refractivity contribution < 1.29 is 14.7 Å². The van der Waals surface area contributed by atoms with Gasteiger partial charge in [0.1, 0.15) is 6.04 Å². The largest absolute Gasteiger partial charge is 0.481 e. The van der Waals surface area contributed by atoms with Crippen molar-refractivity contribution in [3.8, 4) is 0 Å². The summed E-state index contributed by atoms with van der Waals surface area (Å²) in [5.41, 5.74) is 0.847. The van der Waals surface area contributed by atoms with Crippen LogP contribution in [0.3, 0.4) is 0 Å². The number of amides is 1. The second-order valence-electron chi connectivity index (χ2n) is 6.32. The first-order chi connectivity index (χ1) is 10.9. The zero-order valence-electron chi connectivity index (χ0n) is 13.5. The predicted octanol–water partition coefficient (Wildman–Crippen LogP) is 2.70. The summed E-state index contributed by atoms with van der Waals surface area (Å²) < 4.78 is 0. The number of benzene rings is 1. The lowest BCUT2D eigenvalue weighted by atomic mass is 9.86. The van der Waals surface area contributed by atoms with Crippen molar-refractivity contribution in [2.24, 2.45) is 5.92 Å². The third kappa shape index (κ3) is 4.69. The molecule has 1 fully saturated rings. The second kappa shape index (κ2) is 7.79. The first-order valence-electron chi connectivity index (χ1n) is 7.83. The Bertz CT molecular complexity index is 569. The van der Waals surface area contributed by atoms with Gasteiger partial charge in [-0.05, 0) is 57.5 Å². The van der Waals surface area contributed by atoms with Crippen molar-refractivity contribution in [1.82, 2.24) is 10.2 Å². The van der Waals surface area contributed by atoms with E-state index in [1.54, 1.807) is 12.1 Å². The molecule has 1 aliphatic carbocycles. The van der Waals surface area contributed by atoms with Crippen molar-refractivity contribution >= 4 is 23.5 Å². The normalized spacial score (nSPS) is 22.6. The lowest BCUT2D eigenvalue weighted by Gasteiger charge is -2.30. The van der Waals surface area contributed by atoms with E-state index in [4.69, 9.17) is 16.7 Å². The minimum Gasteiger partial charge on any atom is -0.481 e. The van der Waals surface area contributed by atoms with Crippen molar-refractivity contribution in [3.05, 3.63) is 34.9 Å². The van der Waals surface area contributed by atoms with Gasteiger partial charge in [-0.15, -0.1) is 0 Å². The molecule has 23 heavy (non-hydrogen) atoms. The van der Waals surface area contributed by atoms with Crippen LogP contribution in [0.4, 0.5) is 0 Å². The zero-order valence-corrected chi connectivity index (χ0v) is 14.2. The van der Waals surface area contributed by atoms with Crippen LogP contribution in [0.25, 0.3) is 0 Å². The Morgan fingerprint density at radius 3 is 2.43 bits per heavy atom. The molecule has 0 heterocycles. The summed E-state index contributed by atoms with van der Waals surface area (Å²) in [6.45, 7) is 0. The molecule has 1 aromatic rings. The van der Waals surface area contributed by atoms with Crippen LogP contribution in [0.1, 0.15) is 37.3 Å². The van der Waals surface area contributed by atoms with E-state index in [1.165, 1.54) is 0 Å². The van der Waals surface area contributed by atoms with Crippen molar-refractivity contribution in [2.45, 2.75) is 37.8 Å².